The lowest BCUT2D eigenvalue weighted by Crippen LogP contribution is -2.40. The fourth-order valence-corrected chi connectivity index (χ4v) is 4.23. The van der Waals surface area contributed by atoms with E-state index in [0.717, 1.165) is 10.4 Å². The average molecular weight is 373 g/mol. The Labute approximate surface area is 157 Å². The Balaban J connectivity index is 1.78. The lowest BCUT2D eigenvalue weighted by molar-refractivity contribution is -0.146. The monoisotopic (exact) mass is 373 g/mol. The van der Waals surface area contributed by atoms with Crippen LogP contribution in [0.4, 0.5) is 0 Å². The standard InChI is InChI=1S/C20H23NO4S/c1-3-25-16-13-17(14-7-5-4-6-8-14)26-18(16)19(22)21-11-9-15(10-12-21)20(23)24-2/h4-8,13,15H,3,9-12H2,1-2H3. The van der Waals surface area contributed by atoms with Gasteiger partial charge in [-0.15, -0.1) is 11.3 Å². The minimum absolute atomic E-state index is 0.0241. The topological polar surface area (TPSA) is 55.8 Å². The highest BCUT2D eigenvalue weighted by Gasteiger charge is 2.30. The first-order valence-corrected chi connectivity index (χ1v) is 9.64. The van der Waals surface area contributed by atoms with Gasteiger partial charge in [0.25, 0.3) is 5.91 Å². The van der Waals surface area contributed by atoms with E-state index in [1.165, 1.54) is 18.4 Å². The lowest BCUT2D eigenvalue weighted by Gasteiger charge is -2.30. The summed E-state index contributed by atoms with van der Waals surface area (Å²) >= 11 is 1.46. The third kappa shape index (κ3) is 3.90. The van der Waals surface area contributed by atoms with Gasteiger partial charge >= 0.3 is 5.97 Å². The number of likely N-dealkylation sites (tertiary alicyclic amines) is 1. The Morgan fingerprint density at radius 3 is 2.50 bits per heavy atom. The zero-order valence-electron chi connectivity index (χ0n) is 15.1. The van der Waals surface area contributed by atoms with Gasteiger partial charge in [-0.25, -0.2) is 0 Å². The predicted octanol–water partition coefficient (Wildman–Crippen LogP) is 3.84. The van der Waals surface area contributed by atoms with Crippen LogP contribution in [0.5, 0.6) is 5.75 Å². The van der Waals surface area contributed by atoms with Crippen molar-refractivity contribution in [3.63, 3.8) is 0 Å². The second-order valence-corrected chi connectivity index (χ2v) is 7.24. The maximum atomic E-state index is 13.0. The van der Waals surface area contributed by atoms with Crippen molar-refractivity contribution in [1.29, 1.82) is 0 Å². The van der Waals surface area contributed by atoms with Gasteiger partial charge in [0.2, 0.25) is 0 Å². The summed E-state index contributed by atoms with van der Waals surface area (Å²) in [6.07, 6.45) is 1.28. The molecule has 3 rings (SSSR count). The van der Waals surface area contributed by atoms with Crippen LogP contribution in [0.2, 0.25) is 0 Å². The van der Waals surface area contributed by atoms with Gasteiger partial charge in [-0.1, -0.05) is 30.3 Å². The number of carbonyl (C=O) groups excluding carboxylic acids is 2. The van der Waals surface area contributed by atoms with Crippen molar-refractivity contribution in [2.75, 3.05) is 26.8 Å². The highest BCUT2D eigenvalue weighted by atomic mass is 32.1. The molecule has 1 saturated heterocycles. The molecule has 2 heterocycles. The molecule has 0 saturated carbocycles. The van der Waals surface area contributed by atoms with Gasteiger partial charge in [0.15, 0.2) is 0 Å². The van der Waals surface area contributed by atoms with Gasteiger partial charge in [0, 0.05) is 18.0 Å². The van der Waals surface area contributed by atoms with E-state index in [2.05, 4.69) is 0 Å². The Kier molecular flexibility index (Phi) is 5.93. The summed E-state index contributed by atoms with van der Waals surface area (Å²) in [5, 5.41) is 0. The van der Waals surface area contributed by atoms with E-state index in [9.17, 15) is 9.59 Å². The molecule has 1 aliphatic heterocycles. The highest BCUT2D eigenvalue weighted by molar-refractivity contribution is 7.17. The van der Waals surface area contributed by atoms with Crippen LogP contribution < -0.4 is 4.74 Å². The second kappa shape index (κ2) is 8.36. The van der Waals surface area contributed by atoms with E-state index >= 15 is 0 Å². The fraction of sp³-hybridized carbons (Fsp3) is 0.400. The number of amides is 1. The molecule has 5 nitrogen and oxygen atoms in total. The number of methoxy groups -OCH3 is 1. The quantitative estimate of drug-likeness (QED) is 0.747. The minimum Gasteiger partial charge on any atom is -0.492 e. The lowest BCUT2D eigenvalue weighted by atomic mass is 9.97. The summed E-state index contributed by atoms with van der Waals surface area (Å²) in [6.45, 7) is 3.54. The number of hydrogen-bond acceptors (Lipinski definition) is 5. The first kappa shape index (κ1) is 18.5. The number of nitrogens with zero attached hydrogens (tertiary/aromatic N) is 1. The molecule has 1 aromatic heterocycles. The first-order chi connectivity index (χ1) is 12.6. The van der Waals surface area contributed by atoms with Crippen molar-refractivity contribution in [3.8, 4) is 16.2 Å². The molecule has 1 aliphatic rings. The van der Waals surface area contributed by atoms with E-state index in [-0.39, 0.29) is 17.8 Å². The molecule has 0 spiro atoms. The molecule has 0 bridgehead atoms. The Morgan fingerprint density at radius 1 is 1.19 bits per heavy atom. The first-order valence-electron chi connectivity index (χ1n) is 8.83. The average Bonchev–Trinajstić information content (AvgIpc) is 3.12. The molecule has 0 radical (unpaired) electrons. The molecule has 0 aliphatic carbocycles. The maximum absolute atomic E-state index is 13.0. The third-order valence-corrected chi connectivity index (χ3v) is 5.72. The van der Waals surface area contributed by atoms with Crippen LogP contribution in [0.3, 0.4) is 0 Å². The molecule has 1 fully saturated rings. The number of carbonyl (C=O) groups is 2. The summed E-state index contributed by atoms with van der Waals surface area (Å²) in [5.41, 5.74) is 1.07. The van der Waals surface area contributed by atoms with Crippen LogP contribution in [-0.2, 0) is 9.53 Å². The van der Waals surface area contributed by atoms with E-state index in [1.807, 2.05) is 48.2 Å². The van der Waals surface area contributed by atoms with E-state index in [0.29, 0.717) is 43.2 Å². The van der Waals surface area contributed by atoms with Crippen LogP contribution >= 0.6 is 11.3 Å². The molecule has 0 N–H and O–H groups in total. The Hall–Kier alpha value is -2.34. The highest BCUT2D eigenvalue weighted by Crippen LogP contribution is 2.37. The van der Waals surface area contributed by atoms with Crippen molar-refractivity contribution in [2.24, 2.45) is 5.92 Å². The maximum Gasteiger partial charge on any atom is 0.308 e. The van der Waals surface area contributed by atoms with Crippen molar-refractivity contribution in [2.45, 2.75) is 19.8 Å². The molecule has 1 amide bonds. The van der Waals surface area contributed by atoms with E-state index in [1.54, 1.807) is 0 Å². The summed E-state index contributed by atoms with van der Waals surface area (Å²) in [5.74, 6) is 0.314. The van der Waals surface area contributed by atoms with Gasteiger partial charge in [-0.05, 0) is 31.4 Å². The molecule has 2 aromatic rings. The molecular formula is C20H23NO4S. The molecule has 6 heteroatoms. The molecule has 1 aromatic carbocycles. The number of benzene rings is 1. The normalized spacial score (nSPS) is 14.9. The van der Waals surface area contributed by atoms with Crippen LogP contribution in [-0.4, -0.2) is 43.6 Å². The minimum atomic E-state index is -0.186. The van der Waals surface area contributed by atoms with Crippen molar-refractivity contribution in [1.82, 2.24) is 4.90 Å². The van der Waals surface area contributed by atoms with Crippen LogP contribution in [0, 0.1) is 5.92 Å². The van der Waals surface area contributed by atoms with Crippen molar-refractivity contribution >= 4 is 23.2 Å². The number of hydrogen-bond donors (Lipinski definition) is 0. The Bertz CT molecular complexity index is 763. The van der Waals surface area contributed by atoms with E-state index < -0.39 is 0 Å². The second-order valence-electron chi connectivity index (χ2n) is 6.19. The summed E-state index contributed by atoms with van der Waals surface area (Å²) in [7, 11) is 1.41. The van der Waals surface area contributed by atoms with E-state index in [4.69, 9.17) is 9.47 Å². The van der Waals surface area contributed by atoms with Gasteiger partial charge < -0.3 is 14.4 Å². The predicted molar refractivity (Wildman–Crippen MR) is 102 cm³/mol. The summed E-state index contributed by atoms with van der Waals surface area (Å²) < 4.78 is 10.5. The van der Waals surface area contributed by atoms with Crippen LogP contribution in [0.15, 0.2) is 36.4 Å². The van der Waals surface area contributed by atoms with Crippen LogP contribution in [0.25, 0.3) is 10.4 Å². The van der Waals surface area contributed by atoms with Crippen LogP contribution in [0.1, 0.15) is 29.4 Å². The number of piperidine rings is 1. The van der Waals surface area contributed by atoms with Gasteiger partial charge in [0.05, 0.1) is 19.6 Å². The van der Waals surface area contributed by atoms with Crippen molar-refractivity contribution in [3.05, 3.63) is 41.3 Å². The largest absolute Gasteiger partial charge is 0.492 e. The fourth-order valence-electron chi connectivity index (χ4n) is 3.16. The number of ether oxygens (including phenoxy) is 2. The number of esters is 1. The molecule has 26 heavy (non-hydrogen) atoms. The molecular weight excluding hydrogens is 350 g/mol. The summed E-state index contributed by atoms with van der Waals surface area (Å²) in [4.78, 5) is 28.1. The molecule has 0 atom stereocenters. The molecule has 138 valence electrons. The SMILES string of the molecule is CCOc1cc(-c2ccccc2)sc1C(=O)N1CCC(C(=O)OC)CC1. The third-order valence-electron chi connectivity index (χ3n) is 4.57. The number of rotatable bonds is 5. The van der Waals surface area contributed by atoms with Gasteiger partial charge in [-0.2, -0.15) is 0 Å². The van der Waals surface area contributed by atoms with Gasteiger partial charge in [0.1, 0.15) is 10.6 Å². The Morgan fingerprint density at radius 2 is 1.88 bits per heavy atom. The zero-order valence-corrected chi connectivity index (χ0v) is 15.9. The smallest absolute Gasteiger partial charge is 0.308 e. The van der Waals surface area contributed by atoms with Gasteiger partial charge in [-0.3, -0.25) is 9.59 Å². The number of thiophene rings is 1. The molecule has 0 unspecified atom stereocenters. The zero-order chi connectivity index (χ0) is 18.5. The van der Waals surface area contributed by atoms with Crippen molar-refractivity contribution < 1.29 is 19.1 Å². The summed E-state index contributed by atoms with van der Waals surface area (Å²) in [6, 6.07) is 11.9.